The topological polar surface area (TPSA) is 135 Å². The fourth-order valence-electron chi connectivity index (χ4n) is 4.54. The smallest absolute Gasteiger partial charge is 0.303 e. The van der Waals surface area contributed by atoms with Crippen LogP contribution >= 0.6 is 27.7 Å². The molecular weight excluding hydrogens is 564 g/mol. The Balaban J connectivity index is 1.22. The Morgan fingerprint density at radius 2 is 1.97 bits per heavy atom. The molecule has 4 heterocycles. The lowest BCUT2D eigenvalue weighted by Gasteiger charge is -2.33. The van der Waals surface area contributed by atoms with Crippen molar-refractivity contribution in [3.8, 4) is 23.0 Å². The van der Waals surface area contributed by atoms with E-state index in [1.54, 1.807) is 18.2 Å². The molecular formula is C24H27BrN6O5S. The maximum atomic E-state index is 12.5. The number of benzene rings is 1. The Bertz CT molecular complexity index is 1290. The molecule has 0 spiro atoms. The number of halogens is 1. The van der Waals surface area contributed by atoms with Gasteiger partial charge in [0, 0.05) is 35.9 Å². The number of nitrogens with two attached hydrogens (primary N) is 1. The number of aromatic nitrogens is 4. The van der Waals surface area contributed by atoms with Crippen molar-refractivity contribution in [2.24, 2.45) is 5.92 Å². The van der Waals surface area contributed by atoms with Crippen molar-refractivity contribution in [3.05, 3.63) is 22.9 Å². The number of likely N-dealkylation sites (tertiary alicyclic amines) is 1. The molecule has 1 fully saturated rings. The van der Waals surface area contributed by atoms with Crippen molar-refractivity contribution in [2.75, 3.05) is 25.6 Å². The number of aryl methyl sites for hydroxylation is 1. The summed E-state index contributed by atoms with van der Waals surface area (Å²) in [6, 6.07) is 3.77. The molecule has 1 aromatic carbocycles. The molecule has 4 aliphatic rings. The second-order valence-electron chi connectivity index (χ2n) is 9.05. The zero-order valence-corrected chi connectivity index (χ0v) is 22.9. The Hall–Kier alpha value is -3.06. The fraction of sp³-hybridized carbons (Fsp3) is 0.458. The molecule has 0 aromatic heterocycles. The van der Waals surface area contributed by atoms with E-state index in [4.69, 9.17) is 24.9 Å². The number of piperidine rings is 1. The van der Waals surface area contributed by atoms with Gasteiger partial charge < -0.3 is 29.4 Å². The van der Waals surface area contributed by atoms with E-state index in [2.05, 4.69) is 25.9 Å². The molecule has 0 unspecified atom stereocenters. The van der Waals surface area contributed by atoms with Gasteiger partial charge in [0.2, 0.25) is 6.79 Å². The summed E-state index contributed by atoms with van der Waals surface area (Å²) < 4.78 is 18.8. The van der Waals surface area contributed by atoms with Crippen molar-refractivity contribution in [3.63, 3.8) is 0 Å². The molecule has 37 heavy (non-hydrogen) atoms. The summed E-state index contributed by atoms with van der Waals surface area (Å²) in [6.45, 7) is 5.14. The van der Waals surface area contributed by atoms with E-state index in [-0.39, 0.29) is 12.7 Å². The van der Waals surface area contributed by atoms with Crippen LogP contribution in [0.15, 0.2) is 33.0 Å². The van der Waals surface area contributed by atoms with Gasteiger partial charge in [0.25, 0.3) is 5.91 Å². The molecule has 13 heteroatoms. The lowest BCUT2D eigenvalue weighted by atomic mass is 9.93. The Morgan fingerprint density at radius 1 is 1.24 bits per heavy atom. The van der Waals surface area contributed by atoms with Crippen molar-refractivity contribution in [2.45, 2.75) is 55.8 Å². The molecule has 11 nitrogen and oxygen atoms in total. The monoisotopic (exact) mass is 590 g/mol. The van der Waals surface area contributed by atoms with E-state index >= 15 is 0 Å². The lowest BCUT2D eigenvalue weighted by Crippen LogP contribution is -2.44. The number of anilines is 1. The third-order valence-electron chi connectivity index (χ3n) is 6.49. The molecule has 0 bridgehead atoms. The second-order valence-corrected chi connectivity index (χ2v) is 10.9. The van der Waals surface area contributed by atoms with Gasteiger partial charge in [0.05, 0.1) is 6.33 Å². The Morgan fingerprint density at radius 3 is 2.70 bits per heavy atom. The van der Waals surface area contributed by atoms with Crippen LogP contribution in [-0.4, -0.2) is 62.3 Å². The number of imidazole rings is 1. The maximum absolute atomic E-state index is 12.5. The third kappa shape index (κ3) is 5.61. The number of nitrogen functional groups attached to an aromatic ring is 1. The molecule has 1 saturated heterocycles. The molecule has 4 aliphatic heterocycles. The first-order valence-electron chi connectivity index (χ1n) is 12.0. The number of hydrogen-bond donors (Lipinski definition) is 1. The summed E-state index contributed by atoms with van der Waals surface area (Å²) in [5.74, 6) is 2.28. The van der Waals surface area contributed by atoms with Crippen LogP contribution in [0.5, 0.6) is 11.5 Å². The van der Waals surface area contributed by atoms with Gasteiger partial charge in [-0.1, -0.05) is 0 Å². The normalized spacial score (nSPS) is 16.2. The highest BCUT2D eigenvalue weighted by Crippen LogP contribution is 2.43. The van der Waals surface area contributed by atoms with E-state index in [1.807, 2.05) is 16.7 Å². The number of ether oxygens (including phenoxy) is 3. The summed E-state index contributed by atoms with van der Waals surface area (Å²) in [7, 11) is 0. The summed E-state index contributed by atoms with van der Waals surface area (Å²) in [6.07, 6.45) is 3.64. The van der Waals surface area contributed by atoms with Crippen LogP contribution in [0.1, 0.15) is 33.1 Å². The van der Waals surface area contributed by atoms with E-state index < -0.39 is 12.1 Å². The Kier molecular flexibility index (Phi) is 7.43. The number of carbonyl (C=O) groups is 2. The Labute approximate surface area is 226 Å². The fourth-order valence-corrected chi connectivity index (χ4v) is 5.89. The molecule has 1 amide bonds. The minimum atomic E-state index is -0.750. The number of rotatable bonds is 7. The van der Waals surface area contributed by atoms with Gasteiger partial charge in [0.1, 0.15) is 0 Å². The van der Waals surface area contributed by atoms with E-state index in [0.29, 0.717) is 59.5 Å². The molecule has 0 saturated carbocycles. The van der Waals surface area contributed by atoms with Crippen LogP contribution in [0.3, 0.4) is 0 Å². The molecule has 2 N–H and O–H groups in total. The number of amides is 1. The molecule has 1 atom stereocenters. The van der Waals surface area contributed by atoms with Crippen LogP contribution in [0.25, 0.3) is 11.5 Å². The number of esters is 1. The van der Waals surface area contributed by atoms with Gasteiger partial charge in [-0.3, -0.25) is 9.59 Å². The van der Waals surface area contributed by atoms with Crippen molar-refractivity contribution in [1.82, 2.24) is 24.4 Å². The first-order chi connectivity index (χ1) is 17.8. The number of carbonyl (C=O) groups excluding carboxylic acids is 2. The van der Waals surface area contributed by atoms with Crippen molar-refractivity contribution < 1.29 is 23.8 Å². The third-order valence-corrected chi connectivity index (χ3v) is 8.34. The van der Waals surface area contributed by atoms with Crippen LogP contribution in [0.2, 0.25) is 0 Å². The van der Waals surface area contributed by atoms with Crippen LogP contribution < -0.4 is 15.2 Å². The van der Waals surface area contributed by atoms with E-state index in [9.17, 15) is 9.59 Å². The SMILES string of the molecule is CC(=O)O[C@@H](C)C(=O)N1CCC(CCn2cnc(N)c3nc(Sc4cc5c(cc4Br)OCO5)nc2-3)CC1. The minimum absolute atomic E-state index is 0.140. The van der Waals surface area contributed by atoms with Crippen LogP contribution in [0, 0.1) is 5.92 Å². The zero-order chi connectivity index (χ0) is 26.1. The van der Waals surface area contributed by atoms with E-state index in [0.717, 1.165) is 28.6 Å². The highest BCUT2D eigenvalue weighted by molar-refractivity contribution is 9.10. The summed E-state index contributed by atoms with van der Waals surface area (Å²) in [5, 5.41) is 0.566. The average Bonchev–Trinajstić information content (AvgIpc) is 3.50. The summed E-state index contributed by atoms with van der Waals surface area (Å²) in [5.41, 5.74) is 6.69. The van der Waals surface area contributed by atoms with Gasteiger partial charge in [0.15, 0.2) is 40.1 Å². The van der Waals surface area contributed by atoms with E-state index in [1.165, 1.54) is 18.7 Å². The molecule has 0 aliphatic carbocycles. The highest BCUT2D eigenvalue weighted by atomic mass is 79.9. The van der Waals surface area contributed by atoms with Gasteiger partial charge in [-0.15, -0.1) is 0 Å². The maximum Gasteiger partial charge on any atom is 0.303 e. The van der Waals surface area contributed by atoms with Gasteiger partial charge >= 0.3 is 5.97 Å². The molecule has 0 radical (unpaired) electrons. The number of hydrogen-bond acceptors (Lipinski definition) is 10. The van der Waals surface area contributed by atoms with Gasteiger partial charge in [-0.25, -0.2) is 15.0 Å². The van der Waals surface area contributed by atoms with Crippen LogP contribution in [-0.2, 0) is 20.9 Å². The van der Waals surface area contributed by atoms with Gasteiger partial charge in [-0.05, 0) is 71.9 Å². The average molecular weight is 591 g/mol. The minimum Gasteiger partial charge on any atom is -0.454 e. The van der Waals surface area contributed by atoms with Crippen LogP contribution in [0.4, 0.5) is 5.82 Å². The van der Waals surface area contributed by atoms with Crippen molar-refractivity contribution >= 4 is 45.4 Å². The second kappa shape index (κ2) is 10.7. The number of nitrogens with zero attached hydrogens (tertiary/aromatic N) is 5. The predicted molar refractivity (Wildman–Crippen MR) is 138 cm³/mol. The molecule has 5 rings (SSSR count). The first-order valence-corrected chi connectivity index (χ1v) is 13.6. The van der Waals surface area contributed by atoms with Crippen molar-refractivity contribution in [1.29, 1.82) is 0 Å². The summed E-state index contributed by atoms with van der Waals surface area (Å²) in [4.78, 5) is 40.0. The number of fused-ring (bicyclic) bond motifs is 2. The molecule has 1 aromatic rings. The summed E-state index contributed by atoms with van der Waals surface area (Å²) >= 11 is 4.99. The zero-order valence-electron chi connectivity index (χ0n) is 20.5. The standard InChI is InChI=1S/C24H27BrN6O5S/c1-13(36-14(2)32)23(33)30-6-3-15(4-7-30)5-8-31-11-27-21(26)20-22(31)29-24(28-20)37-19-10-18-17(9-16(19)25)34-12-35-18/h9-11,13,15H,3-8,12,26H2,1-2H3/t13-/m0/s1. The molecule has 196 valence electrons. The quantitative estimate of drug-likeness (QED) is 0.406. The predicted octanol–water partition coefficient (Wildman–Crippen LogP) is 3.58. The largest absolute Gasteiger partial charge is 0.454 e. The van der Waals surface area contributed by atoms with Gasteiger partial charge in [-0.2, -0.15) is 0 Å². The highest BCUT2D eigenvalue weighted by Gasteiger charge is 2.28. The first kappa shape index (κ1) is 25.6. The lowest BCUT2D eigenvalue weighted by molar-refractivity contribution is -0.158.